The van der Waals surface area contributed by atoms with Crippen molar-refractivity contribution in [1.82, 2.24) is 14.8 Å². The SMILES string of the molecule is Cc1nn(-c2ccnc(CCl)c2)c(C)c1Br. The van der Waals surface area contributed by atoms with Crippen molar-refractivity contribution in [3.05, 3.63) is 39.9 Å². The summed E-state index contributed by atoms with van der Waals surface area (Å²) in [6, 6.07) is 3.86. The summed E-state index contributed by atoms with van der Waals surface area (Å²) in [6.45, 7) is 3.99. The van der Waals surface area contributed by atoms with Crippen LogP contribution in [0.3, 0.4) is 0 Å². The first-order chi connectivity index (χ1) is 7.63. The second-order valence-electron chi connectivity index (χ2n) is 3.54. The van der Waals surface area contributed by atoms with E-state index in [9.17, 15) is 0 Å². The number of aromatic nitrogens is 3. The van der Waals surface area contributed by atoms with Crippen molar-refractivity contribution in [1.29, 1.82) is 0 Å². The minimum absolute atomic E-state index is 0.411. The monoisotopic (exact) mass is 299 g/mol. The average Bonchev–Trinajstić information content (AvgIpc) is 2.57. The van der Waals surface area contributed by atoms with Crippen molar-refractivity contribution in [3.8, 4) is 5.69 Å². The zero-order chi connectivity index (χ0) is 11.7. The largest absolute Gasteiger partial charge is 0.260 e. The zero-order valence-electron chi connectivity index (χ0n) is 9.04. The van der Waals surface area contributed by atoms with Crippen molar-refractivity contribution in [3.63, 3.8) is 0 Å². The zero-order valence-corrected chi connectivity index (χ0v) is 11.4. The Labute approximate surface area is 108 Å². The molecule has 0 saturated carbocycles. The Bertz CT molecular complexity index is 522. The maximum Gasteiger partial charge on any atom is 0.0743 e. The fourth-order valence-electron chi connectivity index (χ4n) is 1.55. The van der Waals surface area contributed by atoms with E-state index in [0.29, 0.717) is 5.88 Å². The van der Waals surface area contributed by atoms with Gasteiger partial charge >= 0.3 is 0 Å². The second kappa shape index (κ2) is 4.55. The summed E-state index contributed by atoms with van der Waals surface area (Å²) in [5.41, 5.74) is 3.88. The van der Waals surface area contributed by atoms with E-state index in [4.69, 9.17) is 11.6 Å². The number of pyridine rings is 1. The second-order valence-corrected chi connectivity index (χ2v) is 4.60. The summed E-state index contributed by atoms with van der Waals surface area (Å²) in [7, 11) is 0. The molecule has 2 rings (SSSR count). The number of hydrogen-bond donors (Lipinski definition) is 0. The molecule has 0 unspecified atom stereocenters. The van der Waals surface area contributed by atoms with E-state index in [0.717, 1.165) is 27.2 Å². The Morgan fingerprint density at radius 2 is 2.19 bits per heavy atom. The van der Waals surface area contributed by atoms with Crippen LogP contribution in [-0.2, 0) is 5.88 Å². The Hall–Kier alpha value is -0.870. The van der Waals surface area contributed by atoms with Crippen LogP contribution < -0.4 is 0 Å². The molecule has 0 N–H and O–H groups in total. The van der Waals surface area contributed by atoms with Gasteiger partial charge in [-0.05, 0) is 41.9 Å². The van der Waals surface area contributed by atoms with Gasteiger partial charge in [-0.25, -0.2) is 4.68 Å². The van der Waals surface area contributed by atoms with Crippen molar-refractivity contribution >= 4 is 27.5 Å². The van der Waals surface area contributed by atoms with Crippen LogP contribution >= 0.6 is 27.5 Å². The Morgan fingerprint density at radius 1 is 1.44 bits per heavy atom. The molecular formula is C11H11BrClN3. The summed E-state index contributed by atoms with van der Waals surface area (Å²) in [5, 5.41) is 4.45. The molecular weight excluding hydrogens is 289 g/mol. The molecule has 2 heterocycles. The topological polar surface area (TPSA) is 30.7 Å². The summed E-state index contributed by atoms with van der Waals surface area (Å²) in [5.74, 6) is 0.411. The van der Waals surface area contributed by atoms with Gasteiger partial charge in [0.2, 0.25) is 0 Å². The molecule has 0 aliphatic carbocycles. The van der Waals surface area contributed by atoms with E-state index in [1.807, 2.05) is 30.7 Å². The van der Waals surface area contributed by atoms with Gasteiger partial charge in [0.1, 0.15) is 0 Å². The molecule has 2 aromatic rings. The van der Waals surface area contributed by atoms with Crippen LogP contribution in [0.15, 0.2) is 22.8 Å². The Balaban J connectivity index is 2.54. The van der Waals surface area contributed by atoms with E-state index in [-0.39, 0.29) is 0 Å². The fraction of sp³-hybridized carbons (Fsp3) is 0.273. The van der Waals surface area contributed by atoms with Gasteiger partial charge < -0.3 is 0 Å². The standard InChI is InChI=1S/C11H11BrClN3/c1-7-11(12)8(2)16(15-7)10-3-4-14-9(5-10)6-13/h3-5H,6H2,1-2H3. The van der Waals surface area contributed by atoms with E-state index in [1.54, 1.807) is 6.20 Å². The third-order valence-corrected chi connectivity index (χ3v) is 3.81. The third-order valence-electron chi connectivity index (χ3n) is 2.38. The average molecular weight is 301 g/mol. The van der Waals surface area contributed by atoms with E-state index in [1.165, 1.54) is 0 Å². The maximum absolute atomic E-state index is 5.76. The highest BCUT2D eigenvalue weighted by molar-refractivity contribution is 9.10. The first kappa shape index (κ1) is 11.6. The van der Waals surface area contributed by atoms with Gasteiger partial charge in [-0.3, -0.25) is 4.98 Å². The Kier molecular flexibility index (Phi) is 3.30. The molecule has 16 heavy (non-hydrogen) atoms. The van der Waals surface area contributed by atoms with Crippen LogP contribution in [0.2, 0.25) is 0 Å². The molecule has 0 spiro atoms. The molecule has 2 aromatic heterocycles. The lowest BCUT2D eigenvalue weighted by Gasteiger charge is -2.05. The molecule has 3 nitrogen and oxygen atoms in total. The van der Waals surface area contributed by atoms with Gasteiger partial charge in [-0.15, -0.1) is 11.6 Å². The molecule has 0 bridgehead atoms. The first-order valence-electron chi connectivity index (χ1n) is 4.86. The molecule has 84 valence electrons. The fourth-order valence-corrected chi connectivity index (χ4v) is 1.94. The van der Waals surface area contributed by atoms with Gasteiger partial charge in [-0.1, -0.05) is 0 Å². The van der Waals surface area contributed by atoms with E-state index < -0.39 is 0 Å². The maximum atomic E-state index is 5.76. The summed E-state index contributed by atoms with van der Waals surface area (Å²) < 4.78 is 2.92. The van der Waals surface area contributed by atoms with Crippen LogP contribution in [0, 0.1) is 13.8 Å². The van der Waals surface area contributed by atoms with Crippen molar-refractivity contribution in [2.75, 3.05) is 0 Å². The third kappa shape index (κ3) is 1.99. The lowest BCUT2D eigenvalue weighted by molar-refractivity contribution is 0.829. The van der Waals surface area contributed by atoms with Gasteiger partial charge in [-0.2, -0.15) is 5.10 Å². The van der Waals surface area contributed by atoms with Crippen LogP contribution in [-0.4, -0.2) is 14.8 Å². The first-order valence-corrected chi connectivity index (χ1v) is 6.19. The van der Waals surface area contributed by atoms with Crippen molar-refractivity contribution in [2.24, 2.45) is 0 Å². The van der Waals surface area contributed by atoms with Gasteiger partial charge in [0.15, 0.2) is 0 Å². The quantitative estimate of drug-likeness (QED) is 0.796. The number of nitrogens with zero attached hydrogens (tertiary/aromatic N) is 3. The summed E-state index contributed by atoms with van der Waals surface area (Å²) in [6.07, 6.45) is 1.75. The molecule has 0 aliphatic rings. The minimum Gasteiger partial charge on any atom is -0.260 e. The smallest absolute Gasteiger partial charge is 0.0743 e. The van der Waals surface area contributed by atoms with Gasteiger partial charge in [0.05, 0.1) is 33.1 Å². The molecule has 0 aliphatic heterocycles. The number of hydrogen-bond acceptors (Lipinski definition) is 2. The summed E-state index contributed by atoms with van der Waals surface area (Å²) in [4.78, 5) is 4.16. The number of aryl methyl sites for hydroxylation is 1. The highest BCUT2D eigenvalue weighted by Crippen LogP contribution is 2.23. The highest BCUT2D eigenvalue weighted by atomic mass is 79.9. The molecule has 0 saturated heterocycles. The normalized spacial score (nSPS) is 10.8. The number of rotatable bonds is 2. The highest BCUT2D eigenvalue weighted by Gasteiger charge is 2.10. The van der Waals surface area contributed by atoms with Gasteiger partial charge in [0.25, 0.3) is 0 Å². The van der Waals surface area contributed by atoms with Crippen LogP contribution in [0.25, 0.3) is 5.69 Å². The number of halogens is 2. The minimum atomic E-state index is 0.411. The molecule has 0 amide bonds. The van der Waals surface area contributed by atoms with E-state index in [2.05, 4.69) is 26.0 Å². The van der Waals surface area contributed by atoms with Crippen LogP contribution in [0.4, 0.5) is 0 Å². The molecule has 0 radical (unpaired) electrons. The predicted molar refractivity (Wildman–Crippen MR) is 68.1 cm³/mol. The lowest BCUT2D eigenvalue weighted by atomic mass is 10.3. The Morgan fingerprint density at radius 3 is 2.75 bits per heavy atom. The van der Waals surface area contributed by atoms with Gasteiger partial charge in [0, 0.05) is 6.20 Å². The predicted octanol–water partition coefficient (Wildman–Crippen LogP) is 3.39. The number of alkyl halides is 1. The van der Waals surface area contributed by atoms with E-state index >= 15 is 0 Å². The van der Waals surface area contributed by atoms with Crippen LogP contribution in [0.1, 0.15) is 17.1 Å². The molecule has 5 heteroatoms. The molecule has 0 fully saturated rings. The lowest BCUT2D eigenvalue weighted by Crippen LogP contribution is -2.00. The van der Waals surface area contributed by atoms with Crippen molar-refractivity contribution in [2.45, 2.75) is 19.7 Å². The summed E-state index contributed by atoms with van der Waals surface area (Å²) >= 11 is 9.27. The molecule has 0 atom stereocenters. The van der Waals surface area contributed by atoms with Crippen LogP contribution in [0.5, 0.6) is 0 Å². The molecule has 0 aromatic carbocycles. The van der Waals surface area contributed by atoms with Crippen molar-refractivity contribution < 1.29 is 0 Å².